The third kappa shape index (κ3) is 6.18. The highest BCUT2D eigenvalue weighted by molar-refractivity contribution is 6.31. The Labute approximate surface area is 163 Å². The number of benzene rings is 2. The summed E-state index contributed by atoms with van der Waals surface area (Å²) in [6.07, 6.45) is 0.668. The van der Waals surface area contributed by atoms with E-state index in [0.29, 0.717) is 28.5 Å². The Morgan fingerprint density at radius 1 is 1.07 bits per heavy atom. The molecule has 0 fully saturated rings. The lowest BCUT2D eigenvalue weighted by Crippen LogP contribution is -2.41. The van der Waals surface area contributed by atoms with E-state index in [0.717, 1.165) is 5.56 Å². The topological polar surface area (TPSA) is 76.7 Å². The number of hydrogen-bond donors (Lipinski definition) is 2. The van der Waals surface area contributed by atoms with Gasteiger partial charge in [-0.3, -0.25) is 20.4 Å². The van der Waals surface area contributed by atoms with Gasteiger partial charge in [-0.25, -0.2) is 0 Å². The third-order valence-electron chi connectivity index (χ3n) is 3.68. The molecule has 0 atom stereocenters. The van der Waals surface area contributed by atoms with Gasteiger partial charge in [-0.2, -0.15) is 0 Å². The van der Waals surface area contributed by atoms with Crippen molar-refractivity contribution >= 4 is 23.4 Å². The fourth-order valence-corrected chi connectivity index (χ4v) is 2.60. The van der Waals surface area contributed by atoms with Gasteiger partial charge in [0.05, 0.1) is 13.2 Å². The first-order valence-electron chi connectivity index (χ1n) is 8.58. The fourth-order valence-electron chi connectivity index (χ4n) is 2.37. The van der Waals surface area contributed by atoms with E-state index in [1.54, 1.807) is 24.3 Å². The highest BCUT2D eigenvalue weighted by atomic mass is 35.5. The van der Waals surface area contributed by atoms with Crippen LogP contribution in [-0.2, 0) is 11.2 Å². The van der Waals surface area contributed by atoms with Gasteiger partial charge in [0.2, 0.25) is 5.91 Å². The molecule has 7 heteroatoms. The summed E-state index contributed by atoms with van der Waals surface area (Å²) in [6, 6.07) is 12.2. The molecular formula is C20H23ClN2O4. The second-order valence-corrected chi connectivity index (χ2v) is 6.53. The van der Waals surface area contributed by atoms with E-state index in [-0.39, 0.29) is 18.4 Å². The van der Waals surface area contributed by atoms with Crippen molar-refractivity contribution in [1.82, 2.24) is 10.9 Å². The van der Waals surface area contributed by atoms with Crippen molar-refractivity contribution in [3.63, 3.8) is 0 Å². The highest BCUT2D eigenvalue weighted by Crippen LogP contribution is 2.28. The summed E-state index contributed by atoms with van der Waals surface area (Å²) in [5.74, 6) is 0.236. The number of halogens is 1. The second kappa shape index (κ2) is 9.83. The molecule has 144 valence electrons. The van der Waals surface area contributed by atoms with Crippen LogP contribution in [0.2, 0.25) is 5.02 Å². The molecule has 0 aliphatic rings. The van der Waals surface area contributed by atoms with E-state index >= 15 is 0 Å². The lowest BCUT2D eigenvalue weighted by molar-refractivity contribution is -0.121. The molecule has 0 bridgehead atoms. The summed E-state index contributed by atoms with van der Waals surface area (Å²) in [5, 5.41) is 0.616. The number of rotatable bonds is 7. The largest absolute Gasteiger partial charge is 0.493 e. The monoisotopic (exact) mass is 390 g/mol. The number of ether oxygens (including phenoxy) is 2. The zero-order valence-corrected chi connectivity index (χ0v) is 16.3. The summed E-state index contributed by atoms with van der Waals surface area (Å²) in [7, 11) is 1.50. The molecule has 0 spiro atoms. The average molecular weight is 391 g/mol. The molecule has 27 heavy (non-hydrogen) atoms. The lowest BCUT2D eigenvalue weighted by atomic mass is 10.1. The number of carbonyl (C=O) groups is 2. The molecule has 0 radical (unpaired) electrons. The molecule has 0 aliphatic carbocycles. The molecule has 2 N–H and O–H groups in total. The van der Waals surface area contributed by atoms with Crippen LogP contribution >= 0.6 is 11.6 Å². The summed E-state index contributed by atoms with van der Waals surface area (Å²) >= 11 is 6.06. The van der Waals surface area contributed by atoms with Crippen molar-refractivity contribution in [2.24, 2.45) is 0 Å². The van der Waals surface area contributed by atoms with Crippen LogP contribution in [0.3, 0.4) is 0 Å². The zero-order valence-electron chi connectivity index (χ0n) is 15.5. The van der Waals surface area contributed by atoms with Crippen molar-refractivity contribution in [2.75, 3.05) is 7.11 Å². The van der Waals surface area contributed by atoms with Gasteiger partial charge in [0.1, 0.15) is 0 Å². The SMILES string of the molecule is COc1cc(C(=O)NNC(=O)CCc2ccccc2Cl)ccc1OC(C)C. The van der Waals surface area contributed by atoms with E-state index in [1.165, 1.54) is 7.11 Å². The molecule has 0 aromatic heterocycles. The Morgan fingerprint density at radius 3 is 2.48 bits per heavy atom. The van der Waals surface area contributed by atoms with Crippen LogP contribution in [0.5, 0.6) is 11.5 Å². The first kappa shape index (κ1) is 20.6. The van der Waals surface area contributed by atoms with Crippen LogP contribution in [0.25, 0.3) is 0 Å². The fraction of sp³-hybridized carbons (Fsp3) is 0.300. The minimum absolute atomic E-state index is 0.0176. The van der Waals surface area contributed by atoms with Gasteiger partial charge in [-0.05, 0) is 50.1 Å². The highest BCUT2D eigenvalue weighted by Gasteiger charge is 2.13. The molecule has 2 rings (SSSR count). The van der Waals surface area contributed by atoms with Gasteiger partial charge in [0.15, 0.2) is 11.5 Å². The molecule has 0 saturated heterocycles. The Hall–Kier alpha value is -2.73. The van der Waals surface area contributed by atoms with Crippen molar-refractivity contribution in [1.29, 1.82) is 0 Å². The molecular weight excluding hydrogens is 368 g/mol. The Morgan fingerprint density at radius 2 is 1.81 bits per heavy atom. The van der Waals surface area contributed by atoms with Crippen LogP contribution in [0.4, 0.5) is 0 Å². The van der Waals surface area contributed by atoms with Crippen LogP contribution in [-0.4, -0.2) is 25.0 Å². The van der Waals surface area contributed by atoms with Crippen molar-refractivity contribution in [3.05, 3.63) is 58.6 Å². The van der Waals surface area contributed by atoms with Gasteiger partial charge in [-0.15, -0.1) is 0 Å². The number of carbonyl (C=O) groups excluding carboxylic acids is 2. The van der Waals surface area contributed by atoms with E-state index in [1.807, 2.05) is 32.0 Å². The van der Waals surface area contributed by atoms with Gasteiger partial charge < -0.3 is 9.47 Å². The summed E-state index contributed by atoms with van der Waals surface area (Å²) in [6.45, 7) is 3.80. The van der Waals surface area contributed by atoms with Gasteiger partial charge >= 0.3 is 0 Å². The van der Waals surface area contributed by atoms with E-state index in [4.69, 9.17) is 21.1 Å². The number of nitrogens with one attached hydrogen (secondary N) is 2. The Balaban J connectivity index is 1.89. The first-order valence-corrected chi connectivity index (χ1v) is 8.95. The number of amides is 2. The second-order valence-electron chi connectivity index (χ2n) is 6.13. The quantitative estimate of drug-likeness (QED) is 0.709. The van der Waals surface area contributed by atoms with E-state index < -0.39 is 5.91 Å². The molecule has 0 saturated carbocycles. The van der Waals surface area contributed by atoms with Gasteiger partial charge in [0, 0.05) is 17.0 Å². The molecule has 2 amide bonds. The molecule has 0 heterocycles. The third-order valence-corrected chi connectivity index (χ3v) is 4.05. The molecule has 0 unspecified atom stereocenters. The minimum Gasteiger partial charge on any atom is -0.493 e. The maximum atomic E-state index is 12.2. The molecule has 2 aromatic carbocycles. The maximum absolute atomic E-state index is 12.2. The minimum atomic E-state index is -0.449. The van der Waals surface area contributed by atoms with Crippen LogP contribution in [0, 0.1) is 0 Å². The van der Waals surface area contributed by atoms with Crippen LogP contribution < -0.4 is 20.3 Å². The van der Waals surface area contributed by atoms with E-state index in [2.05, 4.69) is 10.9 Å². The zero-order chi connectivity index (χ0) is 19.8. The van der Waals surface area contributed by atoms with Crippen LogP contribution in [0.1, 0.15) is 36.2 Å². The first-order chi connectivity index (χ1) is 12.9. The summed E-state index contributed by atoms with van der Waals surface area (Å²) in [5.41, 5.74) is 6.02. The smallest absolute Gasteiger partial charge is 0.269 e. The standard InChI is InChI=1S/C20H23ClN2O4/c1-13(2)27-17-10-8-15(12-18(17)26-3)20(25)23-22-19(24)11-9-14-6-4-5-7-16(14)21/h4-8,10,12-13H,9,11H2,1-3H3,(H,22,24)(H,23,25). The molecule has 0 aliphatic heterocycles. The van der Waals surface area contributed by atoms with Crippen molar-refractivity contribution in [2.45, 2.75) is 32.8 Å². The van der Waals surface area contributed by atoms with Crippen molar-refractivity contribution < 1.29 is 19.1 Å². The van der Waals surface area contributed by atoms with Gasteiger partial charge in [-0.1, -0.05) is 29.8 Å². The lowest BCUT2D eigenvalue weighted by Gasteiger charge is -2.14. The predicted molar refractivity (Wildman–Crippen MR) is 104 cm³/mol. The summed E-state index contributed by atoms with van der Waals surface area (Å²) in [4.78, 5) is 24.2. The number of aryl methyl sites for hydroxylation is 1. The predicted octanol–water partition coefficient (Wildman–Crippen LogP) is 3.53. The maximum Gasteiger partial charge on any atom is 0.269 e. The summed E-state index contributed by atoms with van der Waals surface area (Å²) < 4.78 is 10.9. The van der Waals surface area contributed by atoms with Gasteiger partial charge in [0.25, 0.3) is 5.91 Å². The average Bonchev–Trinajstić information content (AvgIpc) is 2.65. The normalized spacial score (nSPS) is 10.4. The number of hydrogen-bond acceptors (Lipinski definition) is 4. The Bertz CT molecular complexity index is 808. The molecule has 2 aromatic rings. The number of hydrazine groups is 1. The Kier molecular flexibility index (Phi) is 7.49. The molecule has 6 nitrogen and oxygen atoms in total. The van der Waals surface area contributed by atoms with Crippen LogP contribution in [0.15, 0.2) is 42.5 Å². The van der Waals surface area contributed by atoms with E-state index in [9.17, 15) is 9.59 Å². The number of methoxy groups -OCH3 is 1. The van der Waals surface area contributed by atoms with Crippen molar-refractivity contribution in [3.8, 4) is 11.5 Å².